The Labute approximate surface area is 183 Å². The number of carbonyl (C=O) groups excluding carboxylic acids is 2. The number of aromatic nitrogens is 2. The van der Waals surface area contributed by atoms with E-state index in [4.69, 9.17) is 0 Å². The number of anilines is 1. The van der Waals surface area contributed by atoms with Crippen molar-refractivity contribution >= 4 is 23.1 Å². The largest absolute Gasteiger partial charge is 0.386 e. The molecule has 0 radical (unpaired) electrons. The lowest BCUT2D eigenvalue weighted by Crippen LogP contribution is -2.37. The van der Waals surface area contributed by atoms with Gasteiger partial charge in [-0.15, -0.1) is 0 Å². The van der Waals surface area contributed by atoms with E-state index in [0.29, 0.717) is 11.2 Å². The zero-order valence-corrected chi connectivity index (χ0v) is 17.2. The molecule has 0 aliphatic carbocycles. The Balaban J connectivity index is 1.49. The number of carbonyl (C=O) groups is 2. The number of aliphatic hydroxyl groups excluding tert-OH is 1. The highest BCUT2D eigenvalue weighted by atomic mass is 19.1. The average molecular weight is 432 g/mol. The number of imidazole rings is 1. The monoisotopic (exact) mass is 432 g/mol. The third kappa shape index (κ3) is 4.35. The van der Waals surface area contributed by atoms with Crippen molar-refractivity contribution < 1.29 is 19.1 Å². The first kappa shape index (κ1) is 21.2. The van der Waals surface area contributed by atoms with Gasteiger partial charge in [-0.05, 0) is 42.8 Å². The van der Waals surface area contributed by atoms with E-state index in [1.54, 1.807) is 60.0 Å². The van der Waals surface area contributed by atoms with Crippen LogP contribution in [0.1, 0.15) is 39.4 Å². The predicted molar refractivity (Wildman–Crippen MR) is 118 cm³/mol. The van der Waals surface area contributed by atoms with Gasteiger partial charge in [-0.25, -0.2) is 9.37 Å². The van der Waals surface area contributed by atoms with Crippen molar-refractivity contribution in [3.05, 3.63) is 102 Å². The number of fused-ring (bicyclic) bond motifs is 1. The quantitative estimate of drug-likeness (QED) is 0.434. The SMILES string of the molecule is C[C@@H](NC(=O)c1ccc(F)c(NC(=O)c2cnc3ccccn23)c1)[C@@H](O)c1ccccc1. The van der Waals surface area contributed by atoms with Gasteiger partial charge in [0.05, 0.1) is 24.0 Å². The van der Waals surface area contributed by atoms with Gasteiger partial charge in [0.15, 0.2) is 0 Å². The summed E-state index contributed by atoms with van der Waals surface area (Å²) in [7, 11) is 0. The number of hydrogen-bond acceptors (Lipinski definition) is 4. The van der Waals surface area contributed by atoms with Gasteiger partial charge in [-0.2, -0.15) is 0 Å². The van der Waals surface area contributed by atoms with Gasteiger partial charge in [0.1, 0.15) is 17.2 Å². The molecule has 0 saturated carbocycles. The topological polar surface area (TPSA) is 95.7 Å². The van der Waals surface area contributed by atoms with Crippen LogP contribution in [-0.2, 0) is 0 Å². The second-order valence-corrected chi connectivity index (χ2v) is 7.34. The first-order chi connectivity index (χ1) is 15.4. The third-order valence-electron chi connectivity index (χ3n) is 5.10. The molecule has 2 amide bonds. The van der Waals surface area contributed by atoms with Crippen molar-refractivity contribution in [1.29, 1.82) is 0 Å². The van der Waals surface area contributed by atoms with Gasteiger partial charge in [-0.1, -0.05) is 36.4 Å². The van der Waals surface area contributed by atoms with Crippen molar-refractivity contribution in [3.63, 3.8) is 0 Å². The van der Waals surface area contributed by atoms with Gasteiger partial charge >= 0.3 is 0 Å². The summed E-state index contributed by atoms with van der Waals surface area (Å²) >= 11 is 0. The van der Waals surface area contributed by atoms with Crippen LogP contribution in [0.3, 0.4) is 0 Å². The molecule has 2 atom stereocenters. The summed E-state index contributed by atoms with van der Waals surface area (Å²) < 4.78 is 15.9. The maximum atomic E-state index is 14.4. The molecule has 0 bridgehead atoms. The Bertz CT molecular complexity index is 1270. The molecule has 0 aliphatic heterocycles. The zero-order chi connectivity index (χ0) is 22.7. The van der Waals surface area contributed by atoms with Gasteiger partial charge < -0.3 is 15.7 Å². The van der Waals surface area contributed by atoms with Gasteiger partial charge in [0.2, 0.25) is 0 Å². The number of nitrogens with one attached hydrogen (secondary N) is 2. The fraction of sp³-hybridized carbons (Fsp3) is 0.125. The summed E-state index contributed by atoms with van der Waals surface area (Å²) in [5.74, 6) is -1.74. The van der Waals surface area contributed by atoms with Crippen molar-refractivity contribution in [2.45, 2.75) is 19.1 Å². The maximum Gasteiger partial charge on any atom is 0.274 e. The summed E-state index contributed by atoms with van der Waals surface area (Å²) in [5.41, 5.74) is 1.49. The summed E-state index contributed by atoms with van der Waals surface area (Å²) in [4.78, 5) is 29.5. The third-order valence-corrected chi connectivity index (χ3v) is 5.10. The van der Waals surface area contributed by atoms with Crippen LogP contribution in [0.2, 0.25) is 0 Å². The number of hydrogen-bond donors (Lipinski definition) is 3. The number of pyridine rings is 1. The van der Waals surface area contributed by atoms with E-state index in [2.05, 4.69) is 15.6 Å². The van der Waals surface area contributed by atoms with Crippen LogP contribution < -0.4 is 10.6 Å². The van der Waals surface area contributed by atoms with Gasteiger partial charge in [0, 0.05) is 11.8 Å². The summed E-state index contributed by atoms with van der Waals surface area (Å²) in [5, 5.41) is 15.7. The first-order valence-electron chi connectivity index (χ1n) is 10.0. The van der Waals surface area contributed by atoms with Crippen LogP contribution in [0.15, 0.2) is 79.1 Å². The summed E-state index contributed by atoms with van der Waals surface area (Å²) in [6.45, 7) is 1.67. The molecule has 2 heterocycles. The van der Waals surface area contributed by atoms with Crippen LogP contribution in [0.5, 0.6) is 0 Å². The molecule has 162 valence electrons. The Kier molecular flexibility index (Phi) is 5.96. The van der Waals surface area contributed by atoms with Crippen LogP contribution in [0, 0.1) is 5.82 Å². The number of amides is 2. The molecule has 8 heteroatoms. The highest BCUT2D eigenvalue weighted by Crippen LogP contribution is 2.20. The molecule has 2 aromatic carbocycles. The number of nitrogens with zero attached hydrogens (tertiary/aromatic N) is 2. The molecule has 7 nitrogen and oxygen atoms in total. The van der Waals surface area contributed by atoms with E-state index in [9.17, 15) is 19.1 Å². The molecule has 32 heavy (non-hydrogen) atoms. The minimum absolute atomic E-state index is 0.134. The van der Waals surface area contributed by atoms with Crippen LogP contribution in [0.4, 0.5) is 10.1 Å². The number of aliphatic hydroxyl groups is 1. The molecule has 0 aliphatic rings. The fourth-order valence-electron chi connectivity index (χ4n) is 3.36. The van der Waals surface area contributed by atoms with Crippen molar-refractivity contribution in [2.75, 3.05) is 5.32 Å². The standard InChI is InChI=1S/C24H21FN4O3/c1-15(22(30)16-7-3-2-4-8-16)27-23(31)17-10-11-18(25)19(13-17)28-24(32)20-14-26-21-9-5-6-12-29(20)21/h2-15,22,30H,1H3,(H,27,31)(H,28,32)/t15-,22-/m1/s1. The van der Waals surface area contributed by atoms with E-state index in [1.807, 2.05) is 6.07 Å². The number of halogens is 1. The lowest BCUT2D eigenvalue weighted by molar-refractivity contribution is 0.0851. The second-order valence-electron chi connectivity index (χ2n) is 7.34. The van der Waals surface area contributed by atoms with E-state index in [1.165, 1.54) is 18.3 Å². The lowest BCUT2D eigenvalue weighted by atomic mass is 10.0. The van der Waals surface area contributed by atoms with Crippen molar-refractivity contribution in [3.8, 4) is 0 Å². The normalized spacial score (nSPS) is 12.8. The molecule has 3 N–H and O–H groups in total. The lowest BCUT2D eigenvalue weighted by Gasteiger charge is -2.21. The molecule has 2 aromatic heterocycles. The van der Waals surface area contributed by atoms with Crippen molar-refractivity contribution in [1.82, 2.24) is 14.7 Å². The first-order valence-corrected chi connectivity index (χ1v) is 10.0. The molecular formula is C24H21FN4O3. The van der Waals surface area contributed by atoms with Crippen molar-refractivity contribution in [2.24, 2.45) is 0 Å². The van der Waals surface area contributed by atoms with E-state index < -0.39 is 29.8 Å². The maximum absolute atomic E-state index is 14.4. The highest BCUT2D eigenvalue weighted by Gasteiger charge is 2.20. The number of benzene rings is 2. The fourth-order valence-corrected chi connectivity index (χ4v) is 3.36. The summed E-state index contributed by atoms with van der Waals surface area (Å²) in [6.07, 6.45) is 2.16. The smallest absolute Gasteiger partial charge is 0.274 e. The van der Waals surface area contributed by atoms with E-state index >= 15 is 0 Å². The molecular weight excluding hydrogens is 411 g/mol. The molecule has 0 spiro atoms. The van der Waals surface area contributed by atoms with Gasteiger partial charge in [0.25, 0.3) is 11.8 Å². The minimum atomic E-state index is -0.907. The minimum Gasteiger partial charge on any atom is -0.386 e. The van der Waals surface area contributed by atoms with Crippen LogP contribution >= 0.6 is 0 Å². The van der Waals surface area contributed by atoms with Crippen LogP contribution in [-0.4, -0.2) is 32.3 Å². The second kappa shape index (κ2) is 8.99. The molecule has 4 aromatic rings. The number of rotatable bonds is 6. The van der Waals surface area contributed by atoms with E-state index in [-0.39, 0.29) is 16.9 Å². The van der Waals surface area contributed by atoms with E-state index in [0.717, 1.165) is 6.07 Å². The Morgan fingerprint density at radius 3 is 2.56 bits per heavy atom. The zero-order valence-electron chi connectivity index (χ0n) is 17.2. The Morgan fingerprint density at radius 1 is 1.03 bits per heavy atom. The molecule has 0 unspecified atom stereocenters. The molecule has 0 saturated heterocycles. The van der Waals surface area contributed by atoms with Crippen LogP contribution in [0.25, 0.3) is 5.65 Å². The summed E-state index contributed by atoms with van der Waals surface area (Å²) in [6, 6.07) is 17.3. The highest BCUT2D eigenvalue weighted by molar-refractivity contribution is 6.04. The molecule has 0 fully saturated rings. The average Bonchev–Trinajstić information content (AvgIpc) is 3.25. The Hall–Kier alpha value is -4.04. The Morgan fingerprint density at radius 2 is 1.78 bits per heavy atom. The molecule has 4 rings (SSSR count). The predicted octanol–water partition coefficient (Wildman–Crippen LogP) is 3.58. The van der Waals surface area contributed by atoms with Gasteiger partial charge in [-0.3, -0.25) is 14.0 Å².